The molecule has 0 fully saturated rings. The van der Waals surface area contributed by atoms with Crippen LogP contribution in [-0.2, 0) is 6.42 Å². The van der Waals surface area contributed by atoms with Gasteiger partial charge >= 0.3 is 0 Å². The highest BCUT2D eigenvalue weighted by atomic mass is 32.1. The summed E-state index contributed by atoms with van der Waals surface area (Å²) in [5.74, 6) is 0. The molecule has 6 rings (SSSR count). The summed E-state index contributed by atoms with van der Waals surface area (Å²) in [7, 11) is 0. The Morgan fingerprint density at radius 2 is 1.09 bits per heavy atom. The van der Waals surface area contributed by atoms with Gasteiger partial charge in [0.2, 0.25) is 0 Å². The number of thiophene rings is 2. The van der Waals surface area contributed by atoms with Crippen molar-refractivity contribution in [2.24, 2.45) is 0 Å². The predicted molar refractivity (Wildman–Crippen MR) is 147 cm³/mol. The molecule has 0 aliphatic heterocycles. The van der Waals surface area contributed by atoms with Crippen LogP contribution in [0.15, 0.2) is 66.0 Å². The third kappa shape index (κ3) is 3.41. The summed E-state index contributed by atoms with van der Waals surface area (Å²) in [5.41, 5.74) is 0. The topological polar surface area (TPSA) is 0 Å². The van der Waals surface area contributed by atoms with Crippen LogP contribution < -0.4 is 0 Å². The molecule has 6 aromatic rings. The van der Waals surface area contributed by atoms with Gasteiger partial charge in [0.15, 0.2) is 0 Å². The Hall–Kier alpha value is -2.42. The second-order valence-electron chi connectivity index (χ2n) is 9.02. The van der Waals surface area contributed by atoms with E-state index in [9.17, 15) is 0 Å². The molecule has 0 aliphatic rings. The zero-order valence-corrected chi connectivity index (χ0v) is 20.3. The third-order valence-corrected chi connectivity index (χ3v) is 8.99. The number of unbranched alkanes of at least 4 members (excludes halogenated alkanes) is 5. The van der Waals surface area contributed by atoms with Gasteiger partial charge in [0.1, 0.15) is 0 Å². The van der Waals surface area contributed by atoms with Crippen LogP contribution in [0.2, 0.25) is 0 Å². The van der Waals surface area contributed by atoms with E-state index in [0.717, 1.165) is 0 Å². The number of benzene rings is 4. The van der Waals surface area contributed by atoms with Crippen LogP contribution in [-0.4, -0.2) is 0 Å². The molecule has 32 heavy (non-hydrogen) atoms. The van der Waals surface area contributed by atoms with Gasteiger partial charge in [0, 0.05) is 25.0 Å². The van der Waals surface area contributed by atoms with Gasteiger partial charge in [0.25, 0.3) is 0 Å². The van der Waals surface area contributed by atoms with Crippen molar-refractivity contribution in [3.05, 3.63) is 70.9 Å². The van der Waals surface area contributed by atoms with Crippen LogP contribution in [0, 0.1) is 0 Å². The van der Waals surface area contributed by atoms with Crippen molar-refractivity contribution >= 4 is 75.2 Å². The van der Waals surface area contributed by atoms with Crippen molar-refractivity contribution in [2.45, 2.75) is 51.9 Å². The minimum atomic E-state index is 1.22. The second kappa shape index (κ2) is 8.50. The summed E-state index contributed by atoms with van der Waals surface area (Å²) in [4.78, 5) is 1.54. The van der Waals surface area contributed by atoms with Crippen molar-refractivity contribution in [3.63, 3.8) is 0 Å². The molecule has 0 amide bonds. The molecule has 0 radical (unpaired) electrons. The van der Waals surface area contributed by atoms with E-state index < -0.39 is 0 Å². The van der Waals surface area contributed by atoms with E-state index in [2.05, 4.69) is 73.0 Å². The lowest BCUT2D eigenvalue weighted by molar-refractivity contribution is 0.609. The summed E-state index contributed by atoms with van der Waals surface area (Å²) in [6.45, 7) is 2.29. The zero-order valence-electron chi connectivity index (χ0n) is 18.6. The average molecular weight is 453 g/mol. The lowest BCUT2D eigenvalue weighted by Crippen LogP contribution is -1.83. The van der Waals surface area contributed by atoms with Gasteiger partial charge in [-0.1, -0.05) is 75.4 Å². The van der Waals surface area contributed by atoms with Crippen LogP contribution in [0.3, 0.4) is 0 Å². The van der Waals surface area contributed by atoms with Gasteiger partial charge in [-0.25, -0.2) is 0 Å². The molecule has 0 unspecified atom stereocenters. The summed E-state index contributed by atoms with van der Waals surface area (Å²) in [5, 5.41) is 13.3. The van der Waals surface area contributed by atoms with Gasteiger partial charge in [-0.05, 0) is 74.8 Å². The van der Waals surface area contributed by atoms with Crippen LogP contribution in [0.1, 0.15) is 50.3 Å². The van der Waals surface area contributed by atoms with Gasteiger partial charge < -0.3 is 0 Å². The molecule has 0 saturated heterocycles. The second-order valence-corrected chi connectivity index (χ2v) is 11.1. The third-order valence-electron chi connectivity index (χ3n) is 6.95. The Labute approximate surface area is 197 Å². The Kier molecular flexibility index (Phi) is 5.37. The molecule has 2 aromatic heterocycles. The fourth-order valence-corrected chi connectivity index (χ4v) is 7.19. The first-order valence-electron chi connectivity index (χ1n) is 12.0. The van der Waals surface area contributed by atoms with E-state index in [-0.39, 0.29) is 0 Å². The predicted octanol–water partition coefficient (Wildman–Crippen LogP) is 10.5. The molecular formula is C30H28S2. The smallest absolute Gasteiger partial charge is 0.0352 e. The summed E-state index contributed by atoms with van der Waals surface area (Å²) < 4.78 is 2.80. The highest BCUT2D eigenvalue weighted by Crippen LogP contribution is 2.39. The maximum absolute atomic E-state index is 2.47. The van der Waals surface area contributed by atoms with E-state index in [0.29, 0.717) is 0 Å². The summed E-state index contributed by atoms with van der Waals surface area (Å²) >= 11 is 3.82. The van der Waals surface area contributed by atoms with E-state index in [4.69, 9.17) is 0 Å². The first-order chi connectivity index (χ1) is 15.8. The quantitative estimate of drug-likeness (QED) is 0.167. The number of aryl methyl sites for hydroxylation is 1. The SMILES string of the molecule is CCCCCCCCc1cc2c(ccc3c2ccc2c4ccc5sccc5c4ccc32)s1. The largest absolute Gasteiger partial charge is 0.144 e. The normalized spacial score (nSPS) is 12.2. The molecule has 0 bridgehead atoms. The van der Waals surface area contributed by atoms with Crippen LogP contribution in [0.25, 0.3) is 52.5 Å². The van der Waals surface area contributed by atoms with E-state index >= 15 is 0 Å². The molecule has 160 valence electrons. The maximum atomic E-state index is 2.47. The molecule has 0 spiro atoms. The molecule has 2 heteroatoms. The summed E-state index contributed by atoms with van der Waals surface area (Å²) in [6.07, 6.45) is 9.40. The number of fused-ring (bicyclic) bond motifs is 9. The van der Waals surface area contributed by atoms with Crippen LogP contribution in [0.4, 0.5) is 0 Å². The van der Waals surface area contributed by atoms with Crippen LogP contribution in [0.5, 0.6) is 0 Å². The molecule has 0 nitrogen and oxygen atoms in total. The molecule has 0 aliphatic carbocycles. The van der Waals surface area contributed by atoms with E-state index in [1.54, 1.807) is 4.88 Å². The fourth-order valence-electron chi connectivity index (χ4n) is 5.27. The van der Waals surface area contributed by atoms with E-state index in [1.807, 2.05) is 22.7 Å². The van der Waals surface area contributed by atoms with Crippen LogP contribution >= 0.6 is 22.7 Å². The Morgan fingerprint density at radius 3 is 1.81 bits per heavy atom. The van der Waals surface area contributed by atoms with Crippen molar-refractivity contribution in [3.8, 4) is 0 Å². The first-order valence-corrected chi connectivity index (χ1v) is 13.7. The van der Waals surface area contributed by atoms with Gasteiger partial charge in [-0.2, -0.15) is 0 Å². The number of rotatable bonds is 7. The Balaban J connectivity index is 1.40. The molecule has 0 saturated carbocycles. The highest BCUT2D eigenvalue weighted by molar-refractivity contribution is 7.19. The van der Waals surface area contributed by atoms with Gasteiger partial charge in [-0.15, -0.1) is 22.7 Å². The monoisotopic (exact) mass is 452 g/mol. The summed E-state index contributed by atoms with van der Waals surface area (Å²) in [6, 6.07) is 23.4. The molecule has 0 atom stereocenters. The fraction of sp³-hybridized carbons (Fsp3) is 0.267. The van der Waals surface area contributed by atoms with Gasteiger partial charge in [-0.3, -0.25) is 0 Å². The van der Waals surface area contributed by atoms with Crippen molar-refractivity contribution < 1.29 is 0 Å². The molecule has 4 aromatic carbocycles. The maximum Gasteiger partial charge on any atom is 0.0352 e. The highest BCUT2D eigenvalue weighted by Gasteiger charge is 2.11. The average Bonchev–Trinajstić information content (AvgIpc) is 3.47. The molecular weight excluding hydrogens is 424 g/mol. The van der Waals surface area contributed by atoms with Crippen molar-refractivity contribution in [1.82, 2.24) is 0 Å². The molecule has 0 N–H and O–H groups in total. The minimum Gasteiger partial charge on any atom is -0.144 e. The van der Waals surface area contributed by atoms with Crippen molar-refractivity contribution in [1.29, 1.82) is 0 Å². The Morgan fingerprint density at radius 1 is 0.531 bits per heavy atom. The lowest BCUT2D eigenvalue weighted by atomic mass is 9.95. The number of hydrogen-bond acceptors (Lipinski definition) is 2. The zero-order chi connectivity index (χ0) is 21.5. The first kappa shape index (κ1) is 20.2. The lowest BCUT2D eigenvalue weighted by Gasteiger charge is -2.09. The van der Waals surface area contributed by atoms with Crippen molar-refractivity contribution in [2.75, 3.05) is 0 Å². The Bertz CT molecular complexity index is 1560. The van der Waals surface area contributed by atoms with Gasteiger partial charge in [0.05, 0.1) is 0 Å². The molecule has 2 heterocycles. The number of hydrogen-bond donors (Lipinski definition) is 0. The van der Waals surface area contributed by atoms with E-state index in [1.165, 1.54) is 97.4 Å². The minimum absolute atomic E-state index is 1.22. The standard InChI is InChI=1S/C30H28S2/c1-2-3-4-5-6-7-8-20-19-28-26-12-10-21-22(24(26)14-16-30(28)32-20)9-11-25-23(21)13-15-29-27(25)17-18-31-29/h9-19H,2-8H2,1H3.